The van der Waals surface area contributed by atoms with E-state index in [1.807, 2.05) is 20.8 Å². The van der Waals surface area contributed by atoms with Crippen molar-refractivity contribution in [3.63, 3.8) is 0 Å². The number of nitrogens with zero attached hydrogens (tertiary/aromatic N) is 1. The van der Waals surface area contributed by atoms with E-state index >= 15 is 0 Å². The number of anilines is 2. The Labute approximate surface area is 170 Å². The number of carbonyl (C=O) groups excluding carboxylic acids is 2. The van der Waals surface area contributed by atoms with Gasteiger partial charge in [-0.1, -0.05) is 29.8 Å². The van der Waals surface area contributed by atoms with Gasteiger partial charge in [0.1, 0.15) is 6.07 Å². The molecule has 0 aliphatic carbocycles. The lowest BCUT2D eigenvalue weighted by atomic mass is 10.0. The molecule has 0 saturated carbocycles. The lowest BCUT2D eigenvalue weighted by molar-refractivity contribution is -0.116. The Morgan fingerprint density at radius 3 is 2.39 bits per heavy atom. The smallest absolute Gasteiger partial charge is 0.234 e. The van der Waals surface area contributed by atoms with E-state index in [0.717, 1.165) is 16.8 Å². The number of benzene rings is 2. The van der Waals surface area contributed by atoms with Crippen LogP contribution in [0.4, 0.5) is 11.4 Å². The summed E-state index contributed by atoms with van der Waals surface area (Å²) in [7, 11) is 0. The first-order valence-electron chi connectivity index (χ1n) is 9.15. The summed E-state index contributed by atoms with van der Waals surface area (Å²) < 4.78 is 0. The summed E-state index contributed by atoms with van der Waals surface area (Å²) in [4.78, 5) is 24.2. The van der Waals surface area contributed by atoms with Crippen LogP contribution < -0.4 is 10.6 Å². The molecular weight excluding hydrogens is 370 g/mol. The van der Waals surface area contributed by atoms with E-state index in [9.17, 15) is 9.59 Å². The van der Waals surface area contributed by atoms with Gasteiger partial charge in [0.2, 0.25) is 11.8 Å². The Bertz CT molecular complexity index is 880. The Hall–Kier alpha value is -2.78. The fraction of sp³-hybridized carbons (Fsp3) is 0.318. The maximum absolute atomic E-state index is 12.2. The average molecular weight is 396 g/mol. The van der Waals surface area contributed by atoms with E-state index in [-0.39, 0.29) is 17.6 Å². The fourth-order valence-electron chi connectivity index (χ4n) is 2.95. The second-order valence-electron chi connectivity index (χ2n) is 6.68. The normalized spacial score (nSPS) is 10.2. The summed E-state index contributed by atoms with van der Waals surface area (Å²) in [6.07, 6.45) is 1.11. The Kier molecular flexibility index (Phi) is 8.09. The average Bonchev–Trinajstić information content (AvgIpc) is 2.64. The summed E-state index contributed by atoms with van der Waals surface area (Å²) >= 11 is 1.48. The van der Waals surface area contributed by atoms with Crippen LogP contribution in [-0.4, -0.2) is 23.3 Å². The minimum atomic E-state index is -0.150. The number of rotatable bonds is 8. The maximum Gasteiger partial charge on any atom is 0.234 e. The largest absolute Gasteiger partial charge is 0.326 e. The standard InChI is InChI=1S/C22H25N3O2S/c1-15-11-16(2)22(17(3)12-15)25-20(26)9-6-10-28-14-21(27)24-19-8-5-4-7-18(19)13-23/h4-5,7-8,11-12H,6,9-10,14H2,1-3H3,(H,24,27)(H,25,26). The van der Waals surface area contributed by atoms with Gasteiger partial charge in [0.15, 0.2) is 0 Å². The van der Waals surface area contributed by atoms with Crippen LogP contribution >= 0.6 is 11.8 Å². The lowest BCUT2D eigenvalue weighted by Gasteiger charge is -2.12. The zero-order valence-electron chi connectivity index (χ0n) is 16.5. The number of carbonyl (C=O) groups is 2. The molecule has 2 aromatic rings. The first-order chi connectivity index (χ1) is 13.4. The van der Waals surface area contributed by atoms with Crippen LogP contribution in [0.1, 0.15) is 35.1 Å². The number of nitrogens with one attached hydrogen (secondary N) is 2. The second-order valence-corrected chi connectivity index (χ2v) is 7.79. The van der Waals surface area contributed by atoms with Gasteiger partial charge in [-0.15, -0.1) is 0 Å². The van der Waals surface area contributed by atoms with E-state index in [0.29, 0.717) is 29.8 Å². The molecule has 2 aromatic carbocycles. The van der Waals surface area contributed by atoms with Gasteiger partial charge in [-0.2, -0.15) is 17.0 Å². The molecule has 0 aliphatic rings. The van der Waals surface area contributed by atoms with Crippen molar-refractivity contribution in [3.05, 3.63) is 58.7 Å². The molecule has 146 valence electrons. The highest BCUT2D eigenvalue weighted by Crippen LogP contribution is 2.22. The lowest BCUT2D eigenvalue weighted by Crippen LogP contribution is -2.16. The summed E-state index contributed by atoms with van der Waals surface area (Å²) in [5.41, 5.74) is 5.17. The van der Waals surface area contributed by atoms with Gasteiger partial charge in [0.05, 0.1) is 17.0 Å². The number of hydrogen-bond donors (Lipinski definition) is 2. The van der Waals surface area contributed by atoms with Gasteiger partial charge in [-0.3, -0.25) is 9.59 Å². The van der Waals surface area contributed by atoms with Crippen molar-refractivity contribution in [2.24, 2.45) is 0 Å². The Balaban J connectivity index is 1.69. The fourth-order valence-corrected chi connectivity index (χ4v) is 3.71. The van der Waals surface area contributed by atoms with Crippen molar-refractivity contribution in [1.82, 2.24) is 0 Å². The van der Waals surface area contributed by atoms with E-state index in [1.54, 1.807) is 24.3 Å². The molecule has 0 atom stereocenters. The minimum Gasteiger partial charge on any atom is -0.326 e. The highest BCUT2D eigenvalue weighted by molar-refractivity contribution is 7.99. The van der Waals surface area contributed by atoms with Crippen molar-refractivity contribution in [2.45, 2.75) is 33.6 Å². The van der Waals surface area contributed by atoms with Crippen molar-refractivity contribution in [2.75, 3.05) is 22.1 Å². The molecule has 28 heavy (non-hydrogen) atoms. The van der Waals surface area contributed by atoms with E-state index in [4.69, 9.17) is 5.26 Å². The molecule has 0 saturated heterocycles. The summed E-state index contributed by atoms with van der Waals surface area (Å²) in [6, 6.07) is 13.1. The second kappa shape index (κ2) is 10.5. The maximum atomic E-state index is 12.2. The monoisotopic (exact) mass is 395 g/mol. The molecule has 0 aliphatic heterocycles. The topological polar surface area (TPSA) is 82.0 Å². The van der Waals surface area contributed by atoms with Crippen LogP contribution in [0.15, 0.2) is 36.4 Å². The SMILES string of the molecule is Cc1cc(C)c(NC(=O)CCCSCC(=O)Nc2ccccc2C#N)c(C)c1. The molecule has 2 N–H and O–H groups in total. The number of thioether (sulfide) groups is 1. The zero-order valence-corrected chi connectivity index (χ0v) is 17.3. The molecule has 0 fully saturated rings. The number of hydrogen-bond acceptors (Lipinski definition) is 4. The highest BCUT2D eigenvalue weighted by atomic mass is 32.2. The van der Waals surface area contributed by atoms with E-state index in [2.05, 4.69) is 28.8 Å². The van der Waals surface area contributed by atoms with Crippen molar-refractivity contribution >= 4 is 35.0 Å². The van der Waals surface area contributed by atoms with Crippen LogP contribution in [0.2, 0.25) is 0 Å². The molecule has 5 nitrogen and oxygen atoms in total. The van der Waals surface area contributed by atoms with Crippen molar-refractivity contribution < 1.29 is 9.59 Å². The molecule has 0 heterocycles. The number of aryl methyl sites for hydroxylation is 3. The first kappa shape index (κ1) is 21.5. The van der Waals surface area contributed by atoms with E-state index < -0.39 is 0 Å². The summed E-state index contributed by atoms with van der Waals surface area (Å²) in [5.74, 6) is 0.843. The third-order valence-electron chi connectivity index (χ3n) is 4.19. The zero-order chi connectivity index (χ0) is 20.5. The minimum absolute atomic E-state index is 0.0111. The van der Waals surface area contributed by atoms with Crippen LogP contribution in [0, 0.1) is 32.1 Å². The van der Waals surface area contributed by atoms with Gasteiger partial charge < -0.3 is 10.6 Å². The molecule has 0 bridgehead atoms. The summed E-state index contributed by atoms with van der Waals surface area (Å²) in [6.45, 7) is 6.03. The number of para-hydroxylation sites is 1. The predicted octanol–water partition coefficient (Wildman–Crippen LogP) is 4.57. The molecule has 0 radical (unpaired) electrons. The van der Waals surface area contributed by atoms with Gasteiger partial charge >= 0.3 is 0 Å². The quantitative estimate of drug-likeness (QED) is 0.641. The van der Waals surface area contributed by atoms with Gasteiger partial charge in [-0.25, -0.2) is 0 Å². The predicted molar refractivity (Wildman–Crippen MR) is 116 cm³/mol. The summed E-state index contributed by atoms with van der Waals surface area (Å²) in [5, 5.41) is 14.8. The molecule has 0 aromatic heterocycles. The number of nitriles is 1. The third-order valence-corrected chi connectivity index (χ3v) is 5.23. The van der Waals surface area contributed by atoms with Crippen molar-refractivity contribution in [1.29, 1.82) is 5.26 Å². The molecule has 0 spiro atoms. The van der Waals surface area contributed by atoms with Gasteiger partial charge in [0, 0.05) is 12.1 Å². The molecule has 2 rings (SSSR count). The van der Waals surface area contributed by atoms with Gasteiger partial charge in [-0.05, 0) is 56.2 Å². The van der Waals surface area contributed by atoms with E-state index in [1.165, 1.54) is 17.3 Å². The molecule has 2 amide bonds. The van der Waals surface area contributed by atoms with Crippen LogP contribution in [0.5, 0.6) is 0 Å². The molecule has 6 heteroatoms. The highest BCUT2D eigenvalue weighted by Gasteiger charge is 2.09. The van der Waals surface area contributed by atoms with Crippen molar-refractivity contribution in [3.8, 4) is 6.07 Å². The third kappa shape index (κ3) is 6.43. The van der Waals surface area contributed by atoms with Crippen LogP contribution in [0.3, 0.4) is 0 Å². The molecular formula is C22H25N3O2S. The number of amides is 2. The van der Waals surface area contributed by atoms with Crippen LogP contribution in [0.25, 0.3) is 0 Å². The Morgan fingerprint density at radius 1 is 1.04 bits per heavy atom. The Morgan fingerprint density at radius 2 is 1.71 bits per heavy atom. The van der Waals surface area contributed by atoms with Crippen LogP contribution in [-0.2, 0) is 9.59 Å². The first-order valence-corrected chi connectivity index (χ1v) is 10.3. The van der Waals surface area contributed by atoms with Gasteiger partial charge in [0.25, 0.3) is 0 Å². The molecule has 0 unspecified atom stereocenters.